The van der Waals surface area contributed by atoms with Gasteiger partial charge >= 0.3 is 0 Å². The van der Waals surface area contributed by atoms with Crippen LogP contribution in [-0.2, 0) is 6.54 Å². The monoisotopic (exact) mass is 281 g/mol. The minimum absolute atomic E-state index is 1.00. The molecule has 3 nitrogen and oxygen atoms in total. The molecule has 0 amide bonds. The molecule has 0 saturated carbocycles. The molecule has 0 unspecified atom stereocenters. The largest absolute Gasteiger partial charge is 0.304 e. The van der Waals surface area contributed by atoms with Crippen molar-refractivity contribution < 1.29 is 0 Å². The lowest BCUT2D eigenvalue weighted by Gasteiger charge is -2.32. The van der Waals surface area contributed by atoms with Gasteiger partial charge in [-0.25, -0.2) is 0 Å². The number of pyridine rings is 1. The maximum atomic E-state index is 4.45. The van der Waals surface area contributed by atoms with Gasteiger partial charge in [0.1, 0.15) is 0 Å². The summed E-state index contributed by atoms with van der Waals surface area (Å²) in [6, 6.07) is 10.8. The molecule has 1 aliphatic heterocycles. The molecule has 1 aromatic heterocycles. The van der Waals surface area contributed by atoms with Crippen LogP contribution in [0.3, 0.4) is 0 Å². The molecule has 0 radical (unpaired) electrons. The molecule has 0 bridgehead atoms. The molecule has 0 atom stereocenters. The number of hydrogen-bond acceptors (Lipinski definition) is 3. The van der Waals surface area contributed by atoms with Gasteiger partial charge in [-0.05, 0) is 36.7 Å². The fourth-order valence-electron chi connectivity index (χ4n) is 2.88. The van der Waals surface area contributed by atoms with Crippen molar-refractivity contribution in [3.8, 4) is 11.1 Å². The second-order valence-electron chi connectivity index (χ2n) is 5.98. The summed E-state index contributed by atoms with van der Waals surface area (Å²) in [6.45, 7) is 7.76. The lowest BCUT2D eigenvalue weighted by atomic mass is 10.0. The normalized spacial score (nSPS) is 17.0. The maximum absolute atomic E-state index is 4.45. The first-order valence-electron chi connectivity index (χ1n) is 7.63. The summed E-state index contributed by atoms with van der Waals surface area (Å²) in [5, 5.41) is 0. The van der Waals surface area contributed by atoms with E-state index in [9.17, 15) is 0 Å². The van der Waals surface area contributed by atoms with Crippen LogP contribution in [0.5, 0.6) is 0 Å². The van der Waals surface area contributed by atoms with Gasteiger partial charge in [0.25, 0.3) is 0 Å². The number of likely N-dealkylation sites (N-methyl/N-ethyl adjacent to an activating group) is 1. The summed E-state index contributed by atoms with van der Waals surface area (Å²) in [7, 11) is 2.19. The minimum Gasteiger partial charge on any atom is -0.304 e. The third kappa shape index (κ3) is 3.49. The van der Waals surface area contributed by atoms with E-state index in [0.29, 0.717) is 0 Å². The minimum atomic E-state index is 1.00. The Morgan fingerprint density at radius 1 is 1.05 bits per heavy atom. The molecule has 1 aliphatic rings. The van der Waals surface area contributed by atoms with Crippen molar-refractivity contribution in [2.75, 3.05) is 33.2 Å². The van der Waals surface area contributed by atoms with Crippen molar-refractivity contribution >= 4 is 0 Å². The Morgan fingerprint density at radius 2 is 1.81 bits per heavy atom. The van der Waals surface area contributed by atoms with E-state index in [1.54, 1.807) is 0 Å². The van der Waals surface area contributed by atoms with E-state index < -0.39 is 0 Å². The van der Waals surface area contributed by atoms with Crippen LogP contribution in [0.15, 0.2) is 42.7 Å². The lowest BCUT2D eigenvalue weighted by Crippen LogP contribution is -2.43. The van der Waals surface area contributed by atoms with Crippen LogP contribution < -0.4 is 0 Å². The van der Waals surface area contributed by atoms with Gasteiger partial charge in [-0.3, -0.25) is 9.88 Å². The molecule has 1 saturated heterocycles. The van der Waals surface area contributed by atoms with Crippen molar-refractivity contribution in [1.29, 1.82) is 0 Å². The molecule has 2 aromatic rings. The van der Waals surface area contributed by atoms with Crippen LogP contribution in [-0.4, -0.2) is 48.0 Å². The Labute approximate surface area is 127 Å². The molecule has 0 spiro atoms. The molecule has 2 heterocycles. The van der Waals surface area contributed by atoms with Crippen LogP contribution in [0.2, 0.25) is 0 Å². The van der Waals surface area contributed by atoms with Gasteiger partial charge in [-0.2, -0.15) is 0 Å². The molecule has 110 valence electrons. The zero-order valence-electron chi connectivity index (χ0n) is 12.9. The van der Waals surface area contributed by atoms with Crippen molar-refractivity contribution in [3.63, 3.8) is 0 Å². The van der Waals surface area contributed by atoms with Gasteiger partial charge in [-0.1, -0.05) is 24.3 Å². The summed E-state index contributed by atoms with van der Waals surface area (Å²) in [5.41, 5.74) is 5.11. The van der Waals surface area contributed by atoms with Gasteiger partial charge in [0, 0.05) is 50.7 Å². The molecule has 21 heavy (non-hydrogen) atoms. The topological polar surface area (TPSA) is 19.4 Å². The third-order valence-corrected chi connectivity index (χ3v) is 4.25. The molecular formula is C18H23N3. The second-order valence-corrected chi connectivity index (χ2v) is 5.98. The first kappa shape index (κ1) is 14.2. The quantitative estimate of drug-likeness (QED) is 0.862. The van der Waals surface area contributed by atoms with E-state index in [0.717, 1.165) is 32.7 Å². The van der Waals surface area contributed by atoms with Gasteiger partial charge < -0.3 is 4.90 Å². The maximum Gasteiger partial charge on any atom is 0.0346 e. The highest BCUT2D eigenvalue weighted by Gasteiger charge is 2.14. The van der Waals surface area contributed by atoms with Gasteiger partial charge in [0.15, 0.2) is 0 Å². The van der Waals surface area contributed by atoms with E-state index in [1.807, 2.05) is 12.4 Å². The zero-order chi connectivity index (χ0) is 14.7. The predicted octanol–water partition coefficient (Wildman–Crippen LogP) is 2.80. The Kier molecular flexibility index (Phi) is 4.32. The van der Waals surface area contributed by atoms with E-state index in [-0.39, 0.29) is 0 Å². The summed E-state index contributed by atoms with van der Waals surface area (Å²) in [6.07, 6.45) is 3.97. The Bertz CT molecular complexity index is 601. The first-order chi connectivity index (χ1) is 10.2. The number of piperazine rings is 1. The fraction of sp³-hybridized carbons (Fsp3) is 0.389. The zero-order valence-corrected chi connectivity index (χ0v) is 12.9. The van der Waals surface area contributed by atoms with Gasteiger partial charge in [0.05, 0.1) is 0 Å². The third-order valence-electron chi connectivity index (χ3n) is 4.25. The molecule has 0 N–H and O–H groups in total. The van der Waals surface area contributed by atoms with Crippen molar-refractivity contribution in [3.05, 3.63) is 53.9 Å². The van der Waals surface area contributed by atoms with Gasteiger partial charge in [-0.15, -0.1) is 0 Å². The van der Waals surface area contributed by atoms with Crippen molar-refractivity contribution in [1.82, 2.24) is 14.8 Å². The molecule has 3 heteroatoms. The standard InChI is InChI=1S/C18H23N3/c1-15-5-3-4-6-18(15)17-11-16(12-19-13-17)14-21-9-7-20(2)8-10-21/h3-6,11-13H,7-10,14H2,1-2H3. The summed E-state index contributed by atoms with van der Waals surface area (Å²) in [4.78, 5) is 9.35. The van der Waals surface area contributed by atoms with Crippen LogP contribution in [0.1, 0.15) is 11.1 Å². The second kappa shape index (κ2) is 6.37. The molecule has 3 rings (SSSR count). The van der Waals surface area contributed by atoms with Crippen LogP contribution in [0.25, 0.3) is 11.1 Å². The number of rotatable bonds is 3. The summed E-state index contributed by atoms with van der Waals surface area (Å²) in [5.74, 6) is 0. The van der Waals surface area contributed by atoms with E-state index in [4.69, 9.17) is 0 Å². The smallest absolute Gasteiger partial charge is 0.0346 e. The molecule has 1 aromatic carbocycles. The number of hydrogen-bond donors (Lipinski definition) is 0. The van der Waals surface area contributed by atoms with Gasteiger partial charge in [0.2, 0.25) is 0 Å². The average Bonchev–Trinajstić information content (AvgIpc) is 2.50. The highest BCUT2D eigenvalue weighted by atomic mass is 15.2. The van der Waals surface area contributed by atoms with Crippen molar-refractivity contribution in [2.45, 2.75) is 13.5 Å². The van der Waals surface area contributed by atoms with Crippen LogP contribution in [0, 0.1) is 6.92 Å². The van der Waals surface area contributed by atoms with Crippen LogP contribution >= 0.6 is 0 Å². The average molecular weight is 281 g/mol. The lowest BCUT2D eigenvalue weighted by molar-refractivity contribution is 0.148. The molecular weight excluding hydrogens is 258 g/mol. The van der Waals surface area contributed by atoms with E-state index in [2.05, 4.69) is 59.1 Å². The first-order valence-corrected chi connectivity index (χ1v) is 7.63. The molecule has 1 fully saturated rings. The SMILES string of the molecule is Cc1ccccc1-c1cncc(CN2CCN(C)CC2)c1. The highest BCUT2D eigenvalue weighted by Crippen LogP contribution is 2.23. The van der Waals surface area contributed by atoms with E-state index >= 15 is 0 Å². The summed E-state index contributed by atoms with van der Waals surface area (Å²) < 4.78 is 0. The number of aryl methyl sites for hydroxylation is 1. The van der Waals surface area contributed by atoms with Crippen LogP contribution in [0.4, 0.5) is 0 Å². The van der Waals surface area contributed by atoms with E-state index in [1.165, 1.54) is 22.3 Å². The Hall–Kier alpha value is -1.71. The predicted molar refractivity (Wildman–Crippen MR) is 87.2 cm³/mol. The summed E-state index contributed by atoms with van der Waals surface area (Å²) >= 11 is 0. The number of benzene rings is 1. The van der Waals surface area contributed by atoms with Crippen molar-refractivity contribution in [2.24, 2.45) is 0 Å². The number of nitrogens with zero attached hydrogens (tertiary/aromatic N) is 3. The fourth-order valence-corrected chi connectivity index (χ4v) is 2.88. The Morgan fingerprint density at radius 3 is 2.57 bits per heavy atom. The molecule has 0 aliphatic carbocycles. The Balaban J connectivity index is 1.76. The highest BCUT2D eigenvalue weighted by molar-refractivity contribution is 5.66. The number of aromatic nitrogens is 1.